The summed E-state index contributed by atoms with van der Waals surface area (Å²) in [6, 6.07) is 4.72. The van der Waals surface area contributed by atoms with E-state index in [1.807, 2.05) is 10.9 Å². The molecule has 0 unspecified atom stereocenters. The number of hydrogen-bond acceptors (Lipinski definition) is 5. The van der Waals surface area contributed by atoms with Gasteiger partial charge in [0.1, 0.15) is 5.69 Å². The molecule has 0 saturated carbocycles. The van der Waals surface area contributed by atoms with Crippen LogP contribution in [0.1, 0.15) is 10.5 Å². The van der Waals surface area contributed by atoms with Crippen LogP contribution in [-0.2, 0) is 14.3 Å². The zero-order valence-electron chi connectivity index (χ0n) is 8.39. The third-order valence-corrected chi connectivity index (χ3v) is 1.56. The van der Waals surface area contributed by atoms with E-state index in [1.54, 1.807) is 12.1 Å². The van der Waals surface area contributed by atoms with E-state index < -0.39 is 17.8 Å². The second-order valence-corrected chi connectivity index (χ2v) is 2.61. The van der Waals surface area contributed by atoms with Crippen molar-refractivity contribution < 1.29 is 19.1 Å². The number of nitrogens with one attached hydrogen (secondary N) is 2. The average molecular weight is 223 g/mol. The second kappa shape index (κ2) is 5.44. The zero-order chi connectivity index (χ0) is 12.0. The number of pyridine rings is 1. The fourth-order valence-corrected chi connectivity index (χ4v) is 0.818. The number of carbonyl (C=O) groups excluding carboxylic acids is 3. The Morgan fingerprint density at radius 1 is 1.25 bits per heavy atom. The number of nitrogens with zero attached hydrogens (tertiary/aromatic N) is 1. The number of ether oxygens (including phenoxy) is 1. The van der Waals surface area contributed by atoms with E-state index in [9.17, 15) is 14.4 Å². The van der Waals surface area contributed by atoms with Crippen LogP contribution in [0.15, 0.2) is 24.4 Å². The summed E-state index contributed by atoms with van der Waals surface area (Å²) in [7, 11) is 1.06. The van der Waals surface area contributed by atoms with E-state index in [0.717, 1.165) is 7.11 Å². The molecule has 0 atom stereocenters. The fraction of sp³-hybridized carbons (Fsp3) is 0.111. The Morgan fingerprint density at radius 3 is 2.56 bits per heavy atom. The van der Waals surface area contributed by atoms with Crippen LogP contribution in [0.3, 0.4) is 0 Å². The number of amides is 2. The predicted octanol–water partition coefficient (Wildman–Crippen LogP) is -0.984. The molecule has 84 valence electrons. The average Bonchev–Trinajstić information content (AvgIpc) is 2.35. The molecule has 0 fully saturated rings. The Kier molecular flexibility index (Phi) is 3.96. The molecule has 0 saturated heterocycles. The highest BCUT2D eigenvalue weighted by molar-refractivity contribution is 6.32. The van der Waals surface area contributed by atoms with Gasteiger partial charge in [0.25, 0.3) is 5.91 Å². The fourth-order valence-electron chi connectivity index (χ4n) is 0.818. The molecule has 0 aliphatic rings. The third-order valence-electron chi connectivity index (χ3n) is 1.56. The summed E-state index contributed by atoms with van der Waals surface area (Å²) >= 11 is 0. The standard InChI is InChI=1S/C9H9N3O4/c1-16-9(15)8(14)12-11-7(13)6-4-2-3-5-10-6/h2-5H,1H3,(H,11,13)(H,12,14). The Balaban J connectivity index is 2.48. The van der Waals surface area contributed by atoms with Crippen LogP contribution in [0, 0.1) is 0 Å². The van der Waals surface area contributed by atoms with Gasteiger partial charge in [-0.1, -0.05) is 6.07 Å². The Bertz CT molecular complexity index is 404. The van der Waals surface area contributed by atoms with E-state index in [-0.39, 0.29) is 5.69 Å². The van der Waals surface area contributed by atoms with Crippen molar-refractivity contribution in [3.05, 3.63) is 30.1 Å². The molecule has 1 aromatic heterocycles. The van der Waals surface area contributed by atoms with Crippen molar-refractivity contribution in [2.24, 2.45) is 0 Å². The number of rotatable bonds is 1. The number of hydrogen-bond donors (Lipinski definition) is 2. The zero-order valence-corrected chi connectivity index (χ0v) is 8.39. The minimum atomic E-state index is -1.10. The highest BCUT2D eigenvalue weighted by Gasteiger charge is 2.14. The van der Waals surface area contributed by atoms with Gasteiger partial charge in [0, 0.05) is 6.20 Å². The normalized spacial score (nSPS) is 9.06. The van der Waals surface area contributed by atoms with Gasteiger partial charge in [-0.3, -0.25) is 25.4 Å². The van der Waals surface area contributed by atoms with Crippen molar-refractivity contribution >= 4 is 17.8 Å². The Hall–Kier alpha value is -2.44. The van der Waals surface area contributed by atoms with Gasteiger partial charge in [-0.25, -0.2) is 4.79 Å². The summed E-state index contributed by atoms with van der Waals surface area (Å²) in [5.74, 6) is -2.79. The van der Waals surface area contributed by atoms with Gasteiger partial charge in [0.15, 0.2) is 0 Å². The summed E-state index contributed by atoms with van der Waals surface area (Å²) in [5.41, 5.74) is 4.01. The molecule has 2 amide bonds. The van der Waals surface area contributed by atoms with Crippen molar-refractivity contribution in [2.45, 2.75) is 0 Å². The maximum atomic E-state index is 11.3. The van der Waals surface area contributed by atoms with E-state index in [0.29, 0.717) is 0 Å². The molecule has 0 bridgehead atoms. The van der Waals surface area contributed by atoms with Gasteiger partial charge < -0.3 is 4.74 Å². The van der Waals surface area contributed by atoms with Gasteiger partial charge >= 0.3 is 11.9 Å². The summed E-state index contributed by atoms with van der Waals surface area (Å²) < 4.78 is 4.13. The number of methoxy groups -OCH3 is 1. The maximum absolute atomic E-state index is 11.3. The molecule has 1 aromatic rings. The second-order valence-electron chi connectivity index (χ2n) is 2.61. The summed E-state index contributed by atoms with van der Waals surface area (Å²) in [4.78, 5) is 36.6. The van der Waals surface area contributed by atoms with Crippen LogP contribution in [0.4, 0.5) is 0 Å². The minimum absolute atomic E-state index is 0.118. The number of hydrazine groups is 1. The topological polar surface area (TPSA) is 97.4 Å². The first-order chi connectivity index (χ1) is 7.65. The van der Waals surface area contributed by atoms with Crippen molar-refractivity contribution in [1.82, 2.24) is 15.8 Å². The van der Waals surface area contributed by atoms with E-state index in [2.05, 4.69) is 9.72 Å². The van der Waals surface area contributed by atoms with Crippen LogP contribution < -0.4 is 10.9 Å². The lowest BCUT2D eigenvalue weighted by molar-refractivity contribution is -0.153. The monoisotopic (exact) mass is 223 g/mol. The van der Waals surface area contributed by atoms with Crippen molar-refractivity contribution in [3.63, 3.8) is 0 Å². The minimum Gasteiger partial charge on any atom is -0.462 e. The predicted molar refractivity (Wildman–Crippen MR) is 51.9 cm³/mol. The molecule has 0 spiro atoms. The molecule has 2 N–H and O–H groups in total. The summed E-state index contributed by atoms with van der Waals surface area (Å²) in [6.45, 7) is 0. The number of aromatic nitrogens is 1. The van der Waals surface area contributed by atoms with Gasteiger partial charge in [-0.2, -0.15) is 0 Å². The van der Waals surface area contributed by atoms with E-state index >= 15 is 0 Å². The quantitative estimate of drug-likeness (QED) is 0.362. The molecule has 0 radical (unpaired) electrons. The van der Waals surface area contributed by atoms with Crippen molar-refractivity contribution in [2.75, 3.05) is 7.11 Å². The Labute approximate surface area is 90.8 Å². The first kappa shape index (κ1) is 11.6. The van der Waals surface area contributed by atoms with Gasteiger partial charge in [0.05, 0.1) is 7.11 Å². The van der Waals surface area contributed by atoms with Gasteiger partial charge in [-0.15, -0.1) is 0 Å². The number of carbonyl (C=O) groups is 3. The van der Waals surface area contributed by atoms with Crippen LogP contribution in [0.2, 0.25) is 0 Å². The molecular weight excluding hydrogens is 214 g/mol. The lowest BCUT2D eigenvalue weighted by Gasteiger charge is -2.04. The molecular formula is C9H9N3O4. The summed E-state index contributed by atoms with van der Waals surface area (Å²) in [5, 5.41) is 0. The molecule has 0 aliphatic heterocycles. The lowest BCUT2D eigenvalue weighted by atomic mass is 10.3. The first-order valence-corrected chi connectivity index (χ1v) is 4.25. The maximum Gasteiger partial charge on any atom is 0.398 e. The van der Waals surface area contributed by atoms with E-state index in [4.69, 9.17) is 0 Å². The molecule has 7 nitrogen and oxygen atoms in total. The third kappa shape index (κ3) is 3.05. The van der Waals surface area contributed by atoms with Crippen LogP contribution in [0.25, 0.3) is 0 Å². The van der Waals surface area contributed by atoms with Gasteiger partial charge in [0.2, 0.25) is 0 Å². The lowest BCUT2D eigenvalue weighted by Crippen LogP contribution is -2.45. The molecule has 7 heteroatoms. The SMILES string of the molecule is COC(=O)C(=O)NNC(=O)c1ccccn1. The van der Waals surface area contributed by atoms with Crippen LogP contribution in [0.5, 0.6) is 0 Å². The molecule has 1 rings (SSSR count). The van der Waals surface area contributed by atoms with Crippen molar-refractivity contribution in [1.29, 1.82) is 0 Å². The van der Waals surface area contributed by atoms with Gasteiger partial charge in [-0.05, 0) is 12.1 Å². The molecule has 16 heavy (non-hydrogen) atoms. The molecule has 0 aromatic carbocycles. The van der Waals surface area contributed by atoms with E-state index in [1.165, 1.54) is 12.3 Å². The summed E-state index contributed by atoms with van der Waals surface area (Å²) in [6.07, 6.45) is 1.43. The van der Waals surface area contributed by atoms with Crippen molar-refractivity contribution in [3.8, 4) is 0 Å². The first-order valence-electron chi connectivity index (χ1n) is 4.25. The largest absolute Gasteiger partial charge is 0.462 e. The molecule has 0 aliphatic carbocycles. The number of esters is 1. The van der Waals surface area contributed by atoms with Crippen LogP contribution >= 0.6 is 0 Å². The smallest absolute Gasteiger partial charge is 0.398 e. The highest BCUT2D eigenvalue weighted by Crippen LogP contribution is 1.91. The Morgan fingerprint density at radius 2 is 2.00 bits per heavy atom. The highest BCUT2D eigenvalue weighted by atomic mass is 16.5. The molecule has 1 heterocycles. The van der Waals surface area contributed by atoms with Crippen LogP contribution in [-0.4, -0.2) is 29.9 Å².